The summed E-state index contributed by atoms with van der Waals surface area (Å²) in [4.78, 5) is 45.4. The van der Waals surface area contributed by atoms with E-state index in [1.807, 2.05) is 0 Å². The minimum Gasteiger partial charge on any atom is -0.461 e. The first kappa shape index (κ1) is 34.4. The lowest BCUT2D eigenvalue weighted by atomic mass is 10.2. The quantitative estimate of drug-likeness (QED) is 0.143. The maximum Gasteiger partial charge on any atom is 0.321 e. The van der Waals surface area contributed by atoms with Crippen LogP contribution in [-0.2, 0) is 38.1 Å². The van der Waals surface area contributed by atoms with Crippen molar-refractivity contribution in [3.8, 4) is 0 Å². The fraction of sp³-hybridized carbons (Fsp3) is 0.810. The molecule has 1 atom stereocenters. The van der Waals surface area contributed by atoms with Crippen molar-refractivity contribution < 1.29 is 38.1 Å². The molecule has 0 bridgehead atoms. The summed E-state index contributed by atoms with van der Waals surface area (Å²) < 4.78 is 16.3. The summed E-state index contributed by atoms with van der Waals surface area (Å²) >= 11 is 16.2. The maximum atomic E-state index is 11.5. The highest BCUT2D eigenvalue weighted by atomic mass is 32.1. The zero-order valence-electron chi connectivity index (χ0n) is 20.8. The van der Waals surface area contributed by atoms with Gasteiger partial charge in [0.2, 0.25) is 0 Å². The van der Waals surface area contributed by atoms with Gasteiger partial charge in [-0.2, -0.15) is 50.5 Å². The first-order valence-corrected chi connectivity index (χ1v) is 11.9. The first-order chi connectivity index (χ1) is 14.5. The molecule has 0 heterocycles. The van der Waals surface area contributed by atoms with Gasteiger partial charge in [0.1, 0.15) is 44.9 Å². The third-order valence-corrected chi connectivity index (χ3v) is 4.04. The molecule has 0 aliphatic rings. The minimum atomic E-state index is -0.860. The molecule has 0 aliphatic heterocycles. The van der Waals surface area contributed by atoms with Gasteiger partial charge in [-0.05, 0) is 62.3 Å². The van der Waals surface area contributed by atoms with Crippen LogP contribution in [0.25, 0.3) is 0 Å². The van der Waals surface area contributed by atoms with E-state index in [1.54, 1.807) is 62.3 Å². The molecule has 0 fully saturated rings. The molecular formula is C21H38O8S4. The smallest absolute Gasteiger partial charge is 0.321 e. The van der Waals surface area contributed by atoms with Gasteiger partial charge in [0.25, 0.3) is 0 Å². The lowest BCUT2D eigenvalue weighted by molar-refractivity contribution is -0.160. The van der Waals surface area contributed by atoms with E-state index >= 15 is 0 Å². The summed E-state index contributed by atoms with van der Waals surface area (Å²) in [6.07, 6.45) is -0.506. The van der Waals surface area contributed by atoms with Gasteiger partial charge in [-0.1, -0.05) is 0 Å². The van der Waals surface area contributed by atoms with Gasteiger partial charge in [0, 0.05) is 0 Å². The van der Waals surface area contributed by atoms with Crippen molar-refractivity contribution in [3.05, 3.63) is 0 Å². The average Bonchev–Trinajstić information content (AvgIpc) is 2.60. The van der Waals surface area contributed by atoms with Crippen LogP contribution in [-0.4, -0.2) is 68.8 Å². The molecule has 0 saturated heterocycles. The van der Waals surface area contributed by atoms with Gasteiger partial charge in [-0.15, -0.1) is 0 Å². The number of ether oxygens (including phenoxy) is 4. The summed E-state index contributed by atoms with van der Waals surface area (Å²) in [6, 6.07) is 0. The molecule has 0 rings (SSSR count). The average molecular weight is 547 g/mol. The lowest BCUT2D eigenvalue weighted by Gasteiger charge is -2.21. The number of carbonyl (C=O) groups is 4. The number of esters is 4. The summed E-state index contributed by atoms with van der Waals surface area (Å²) in [5.74, 6) is -1.79. The predicted octanol–water partition coefficient (Wildman–Crippen LogP) is 3.37. The van der Waals surface area contributed by atoms with E-state index in [1.165, 1.54) is 0 Å². The highest BCUT2D eigenvalue weighted by Crippen LogP contribution is 2.17. The van der Waals surface area contributed by atoms with Crippen molar-refractivity contribution >= 4 is 74.4 Å². The van der Waals surface area contributed by atoms with Crippen LogP contribution in [0, 0.1) is 0 Å². The molecule has 0 aromatic heterocycles. The molecule has 0 N–H and O–H groups in total. The second-order valence-electron chi connectivity index (χ2n) is 9.32. The Morgan fingerprint density at radius 1 is 0.576 bits per heavy atom. The fourth-order valence-corrected chi connectivity index (χ4v) is 1.60. The van der Waals surface area contributed by atoms with Crippen LogP contribution >= 0.6 is 50.5 Å². The summed E-state index contributed by atoms with van der Waals surface area (Å²) in [5.41, 5.74) is 0. The monoisotopic (exact) mass is 546 g/mol. The molecule has 33 heavy (non-hydrogen) atoms. The molecule has 0 spiro atoms. The number of carbonyl (C=O) groups excluding carboxylic acids is 4. The summed E-state index contributed by atoms with van der Waals surface area (Å²) in [5, 5.41) is 0. The molecule has 194 valence electrons. The molecule has 1 unspecified atom stereocenters. The van der Waals surface area contributed by atoms with Crippen LogP contribution in [0.4, 0.5) is 0 Å². The second kappa shape index (κ2) is 14.0. The van der Waals surface area contributed by atoms with E-state index < -0.39 is 49.0 Å². The van der Waals surface area contributed by atoms with Crippen LogP contribution in [0.15, 0.2) is 0 Å². The standard InChI is InChI=1S/C11H20O4S2.C10H18O4S2/c1-7(15-9(13)11(4,5)17)6-14-8(12)10(2,3)16;1-9(2,15)7(11)13-5-6-14-8(12)10(3,4)16/h7,16-17H,6H2,1-5H3;15-16H,5-6H2,1-4H3. The SMILES string of the molecule is CC(C)(S)C(=O)OCCOC(=O)C(C)(C)S.CC(COC(=O)C(C)(C)S)OC(=O)C(C)(C)S. The van der Waals surface area contributed by atoms with Crippen LogP contribution in [0.5, 0.6) is 0 Å². The third kappa shape index (κ3) is 17.4. The summed E-state index contributed by atoms with van der Waals surface area (Å²) in [6.45, 7) is 14.7. The number of hydrogen-bond donors (Lipinski definition) is 4. The number of thiol groups is 4. The largest absolute Gasteiger partial charge is 0.461 e. The molecule has 0 amide bonds. The van der Waals surface area contributed by atoms with Crippen molar-refractivity contribution in [1.29, 1.82) is 0 Å². The number of hydrogen-bond acceptors (Lipinski definition) is 12. The topological polar surface area (TPSA) is 105 Å². The first-order valence-electron chi connectivity index (χ1n) is 10.1. The molecular weight excluding hydrogens is 508 g/mol. The summed E-state index contributed by atoms with van der Waals surface area (Å²) in [7, 11) is 0. The zero-order chi connectivity index (χ0) is 26.8. The lowest BCUT2D eigenvalue weighted by Crippen LogP contribution is -2.34. The Morgan fingerprint density at radius 3 is 1.12 bits per heavy atom. The minimum absolute atomic E-state index is 0.0123. The fourth-order valence-electron chi connectivity index (χ4n) is 1.35. The Kier molecular flexibility index (Phi) is 14.6. The van der Waals surface area contributed by atoms with E-state index in [0.29, 0.717) is 0 Å². The van der Waals surface area contributed by atoms with Gasteiger partial charge in [0.15, 0.2) is 0 Å². The Balaban J connectivity index is 0. The third-order valence-electron chi connectivity index (χ3n) is 3.31. The van der Waals surface area contributed by atoms with Crippen LogP contribution in [0.2, 0.25) is 0 Å². The van der Waals surface area contributed by atoms with Gasteiger partial charge < -0.3 is 18.9 Å². The van der Waals surface area contributed by atoms with Gasteiger partial charge in [0.05, 0.1) is 0 Å². The van der Waals surface area contributed by atoms with E-state index in [9.17, 15) is 19.2 Å². The second-order valence-corrected chi connectivity index (χ2v) is 13.8. The van der Waals surface area contributed by atoms with Crippen molar-refractivity contribution in [2.24, 2.45) is 0 Å². The predicted molar refractivity (Wildman–Crippen MR) is 141 cm³/mol. The van der Waals surface area contributed by atoms with Crippen molar-refractivity contribution in [2.45, 2.75) is 87.4 Å². The van der Waals surface area contributed by atoms with Gasteiger partial charge in [-0.25, -0.2) is 0 Å². The highest BCUT2D eigenvalue weighted by molar-refractivity contribution is 7.83. The van der Waals surface area contributed by atoms with E-state index in [-0.39, 0.29) is 19.8 Å². The van der Waals surface area contributed by atoms with E-state index in [4.69, 9.17) is 18.9 Å². The maximum absolute atomic E-state index is 11.5. The van der Waals surface area contributed by atoms with Crippen LogP contribution < -0.4 is 0 Å². The van der Waals surface area contributed by atoms with Crippen molar-refractivity contribution in [1.82, 2.24) is 0 Å². The molecule has 0 aromatic carbocycles. The van der Waals surface area contributed by atoms with Crippen molar-refractivity contribution in [3.63, 3.8) is 0 Å². The Bertz CT molecular complexity index is 640. The molecule has 8 nitrogen and oxygen atoms in total. The Labute approximate surface area is 219 Å². The molecule has 0 radical (unpaired) electrons. The van der Waals surface area contributed by atoms with E-state index in [0.717, 1.165) is 0 Å². The van der Waals surface area contributed by atoms with Gasteiger partial charge >= 0.3 is 23.9 Å². The van der Waals surface area contributed by atoms with E-state index in [2.05, 4.69) is 50.5 Å². The molecule has 0 aromatic rings. The molecule has 0 saturated carbocycles. The molecule has 12 heteroatoms. The van der Waals surface area contributed by atoms with Crippen LogP contribution in [0.1, 0.15) is 62.3 Å². The molecule has 0 aliphatic carbocycles. The highest BCUT2D eigenvalue weighted by Gasteiger charge is 2.29. The van der Waals surface area contributed by atoms with Crippen LogP contribution in [0.3, 0.4) is 0 Å². The number of rotatable bonds is 10. The normalized spacial score (nSPS) is 13.1. The van der Waals surface area contributed by atoms with Gasteiger partial charge in [-0.3, -0.25) is 19.2 Å². The Hall–Kier alpha value is -0.720. The Morgan fingerprint density at radius 2 is 0.848 bits per heavy atom. The zero-order valence-corrected chi connectivity index (χ0v) is 24.3. The van der Waals surface area contributed by atoms with Crippen molar-refractivity contribution in [2.75, 3.05) is 19.8 Å².